The monoisotopic (exact) mass is 210 g/mol. The van der Waals surface area contributed by atoms with Crippen molar-refractivity contribution in [3.8, 4) is 0 Å². The molecule has 7 heavy (non-hydrogen) atoms. The fraction of sp³-hybridized carbons (Fsp3) is 0.250. The van der Waals surface area contributed by atoms with Gasteiger partial charge in [0.1, 0.15) is 0 Å². The predicted octanol–water partition coefficient (Wildman–Crippen LogP) is 1.13. The fourth-order valence-corrected chi connectivity index (χ4v) is 0.336. The maximum atomic E-state index is 6.86. The molecule has 0 rings (SSSR count). The Hall–Kier alpha value is -0.0600. The van der Waals surface area contributed by atoms with Gasteiger partial charge in [0.25, 0.3) is 0 Å². The van der Waals surface area contributed by atoms with Crippen molar-refractivity contribution in [3.05, 3.63) is 12.3 Å². The normalized spacial score (nSPS) is 9.43. The highest BCUT2D eigenvalue weighted by atomic mass is 127. The molecule has 0 bridgehead atoms. The number of hydrogen-bond acceptors (Lipinski definition) is 2. The number of rotatable bonds is 2. The molecule has 0 heterocycles. The molecule has 0 saturated heterocycles. The molecule has 40 valence electrons. The lowest BCUT2D eigenvalue weighted by Gasteiger charge is -1.80. The number of allylic oxidation sites excluding steroid dienone is 1. The topological polar surface area (TPSA) is 35.9 Å². The van der Waals surface area contributed by atoms with Gasteiger partial charge in [-0.1, -0.05) is 0 Å². The van der Waals surface area contributed by atoms with Crippen molar-refractivity contribution in [1.82, 2.24) is 5.32 Å². The van der Waals surface area contributed by atoms with E-state index in [-0.39, 0.29) is 0 Å². The maximum absolute atomic E-state index is 6.86. The predicted molar refractivity (Wildman–Crippen MR) is 39.9 cm³/mol. The van der Waals surface area contributed by atoms with Crippen molar-refractivity contribution in [3.63, 3.8) is 0 Å². The Morgan fingerprint density at radius 1 is 1.86 bits per heavy atom. The summed E-state index contributed by atoms with van der Waals surface area (Å²) in [6.07, 6.45) is 3.40. The molecular weight excluding hydrogens is 203 g/mol. The second-order valence-corrected chi connectivity index (χ2v) is 2.13. The van der Waals surface area contributed by atoms with Crippen LogP contribution in [0, 0.1) is 5.41 Å². The lowest BCUT2D eigenvalue weighted by Crippen LogP contribution is -1.91. The summed E-state index contributed by atoms with van der Waals surface area (Å²) in [7, 11) is 1.80. The minimum Gasteiger partial charge on any atom is -0.394 e. The van der Waals surface area contributed by atoms with E-state index in [0.29, 0.717) is 3.72 Å². The third-order valence-electron chi connectivity index (χ3n) is 0.396. The standard InChI is InChI=1S/C4H7IN2/c1-7-3-2-4(5)6/h2-3,6-7H,1H3/b3-2-,6-4?. The van der Waals surface area contributed by atoms with Gasteiger partial charge in [0.2, 0.25) is 0 Å². The Morgan fingerprint density at radius 3 is 2.57 bits per heavy atom. The Morgan fingerprint density at radius 2 is 2.43 bits per heavy atom. The van der Waals surface area contributed by atoms with Gasteiger partial charge in [-0.3, -0.25) is 5.41 Å². The van der Waals surface area contributed by atoms with Crippen LogP contribution >= 0.6 is 22.6 Å². The maximum Gasteiger partial charge on any atom is 0.0934 e. The van der Waals surface area contributed by atoms with Gasteiger partial charge in [-0.2, -0.15) is 0 Å². The first-order valence-corrected chi connectivity index (χ1v) is 2.93. The fourth-order valence-electron chi connectivity index (χ4n) is 0.156. The molecular formula is C4H7IN2. The summed E-state index contributed by atoms with van der Waals surface area (Å²) in [6.45, 7) is 0. The molecule has 3 heteroatoms. The molecule has 0 unspecified atom stereocenters. The van der Waals surface area contributed by atoms with Gasteiger partial charge in [0.05, 0.1) is 3.72 Å². The second kappa shape index (κ2) is 4.11. The van der Waals surface area contributed by atoms with Crippen LogP contribution in [0.3, 0.4) is 0 Å². The van der Waals surface area contributed by atoms with Crippen molar-refractivity contribution in [2.45, 2.75) is 0 Å². The first kappa shape index (κ1) is 6.94. The lowest BCUT2D eigenvalue weighted by atomic mass is 10.7. The van der Waals surface area contributed by atoms with Crippen molar-refractivity contribution in [2.24, 2.45) is 0 Å². The van der Waals surface area contributed by atoms with Crippen molar-refractivity contribution in [1.29, 1.82) is 5.41 Å². The molecule has 0 fully saturated rings. The zero-order valence-corrected chi connectivity index (χ0v) is 6.19. The van der Waals surface area contributed by atoms with Crippen molar-refractivity contribution >= 4 is 26.3 Å². The Labute approximate surface area is 56.6 Å². The van der Waals surface area contributed by atoms with E-state index in [2.05, 4.69) is 5.32 Å². The largest absolute Gasteiger partial charge is 0.394 e. The van der Waals surface area contributed by atoms with E-state index in [0.717, 1.165) is 0 Å². The van der Waals surface area contributed by atoms with Crippen LogP contribution in [0.1, 0.15) is 0 Å². The third kappa shape index (κ3) is 5.94. The quantitative estimate of drug-likeness (QED) is 0.520. The van der Waals surface area contributed by atoms with E-state index in [9.17, 15) is 0 Å². The summed E-state index contributed by atoms with van der Waals surface area (Å²) in [5.74, 6) is 0. The molecule has 0 aliphatic heterocycles. The van der Waals surface area contributed by atoms with Crippen LogP contribution in [0.5, 0.6) is 0 Å². The summed E-state index contributed by atoms with van der Waals surface area (Å²) in [6, 6.07) is 0. The molecule has 0 spiro atoms. The Bertz CT molecular complexity index is 87.7. The first-order chi connectivity index (χ1) is 3.27. The van der Waals surface area contributed by atoms with E-state index >= 15 is 0 Å². The molecule has 0 aromatic heterocycles. The zero-order valence-electron chi connectivity index (χ0n) is 4.03. The molecule has 0 amide bonds. The van der Waals surface area contributed by atoms with Gasteiger partial charge < -0.3 is 5.32 Å². The summed E-state index contributed by atoms with van der Waals surface area (Å²) in [4.78, 5) is 0. The van der Waals surface area contributed by atoms with Crippen LogP contribution in [0.2, 0.25) is 0 Å². The molecule has 0 aliphatic carbocycles. The van der Waals surface area contributed by atoms with Crippen molar-refractivity contribution in [2.75, 3.05) is 7.05 Å². The SMILES string of the molecule is CN/C=C\C(=N)I. The highest BCUT2D eigenvalue weighted by Crippen LogP contribution is 1.84. The van der Waals surface area contributed by atoms with E-state index < -0.39 is 0 Å². The van der Waals surface area contributed by atoms with E-state index in [4.69, 9.17) is 5.41 Å². The van der Waals surface area contributed by atoms with Crippen molar-refractivity contribution < 1.29 is 0 Å². The van der Waals surface area contributed by atoms with Crippen LogP contribution in [-0.4, -0.2) is 10.8 Å². The van der Waals surface area contributed by atoms with E-state index in [1.165, 1.54) is 0 Å². The summed E-state index contributed by atoms with van der Waals surface area (Å²) in [5, 5.41) is 9.63. The number of nitrogens with one attached hydrogen (secondary N) is 2. The Kier molecular flexibility index (Phi) is 4.07. The molecule has 0 radical (unpaired) electrons. The van der Waals surface area contributed by atoms with Crippen LogP contribution in [0.15, 0.2) is 12.3 Å². The highest BCUT2D eigenvalue weighted by molar-refractivity contribution is 14.1. The van der Waals surface area contributed by atoms with Gasteiger partial charge in [-0.15, -0.1) is 0 Å². The average Bonchev–Trinajstić information content (AvgIpc) is 1.61. The van der Waals surface area contributed by atoms with Gasteiger partial charge in [-0.25, -0.2) is 0 Å². The summed E-state index contributed by atoms with van der Waals surface area (Å²) >= 11 is 1.92. The summed E-state index contributed by atoms with van der Waals surface area (Å²) < 4.78 is 0.534. The molecule has 0 aromatic rings. The van der Waals surface area contributed by atoms with Crippen LogP contribution in [0.4, 0.5) is 0 Å². The second-order valence-electron chi connectivity index (χ2n) is 0.970. The third-order valence-corrected chi connectivity index (χ3v) is 0.756. The summed E-state index contributed by atoms with van der Waals surface area (Å²) in [5.41, 5.74) is 0. The van der Waals surface area contributed by atoms with E-state index in [1.807, 2.05) is 22.6 Å². The zero-order chi connectivity index (χ0) is 5.70. The minimum absolute atomic E-state index is 0.534. The highest BCUT2D eigenvalue weighted by Gasteiger charge is 1.72. The average molecular weight is 210 g/mol. The van der Waals surface area contributed by atoms with Gasteiger partial charge in [0, 0.05) is 7.05 Å². The van der Waals surface area contributed by atoms with Crippen LogP contribution in [-0.2, 0) is 0 Å². The molecule has 2 nitrogen and oxygen atoms in total. The lowest BCUT2D eigenvalue weighted by molar-refractivity contribution is 1.11. The Balaban J connectivity index is 3.26. The van der Waals surface area contributed by atoms with Crippen LogP contribution < -0.4 is 5.32 Å². The molecule has 2 N–H and O–H groups in total. The molecule has 0 saturated carbocycles. The minimum atomic E-state index is 0.534. The molecule has 0 aliphatic rings. The van der Waals surface area contributed by atoms with Gasteiger partial charge in [-0.05, 0) is 34.9 Å². The first-order valence-electron chi connectivity index (χ1n) is 1.85. The number of halogens is 1. The molecule has 0 atom stereocenters. The molecule has 0 aromatic carbocycles. The van der Waals surface area contributed by atoms with E-state index in [1.54, 1.807) is 19.3 Å². The number of hydrogen-bond donors (Lipinski definition) is 2. The van der Waals surface area contributed by atoms with Gasteiger partial charge in [0.15, 0.2) is 0 Å². The van der Waals surface area contributed by atoms with Crippen LogP contribution in [0.25, 0.3) is 0 Å². The van der Waals surface area contributed by atoms with Gasteiger partial charge >= 0.3 is 0 Å². The smallest absolute Gasteiger partial charge is 0.0934 e.